The van der Waals surface area contributed by atoms with Gasteiger partial charge in [-0.15, -0.1) is 0 Å². The zero-order valence-corrected chi connectivity index (χ0v) is 17.4. The van der Waals surface area contributed by atoms with Crippen molar-refractivity contribution in [2.75, 3.05) is 5.43 Å². The molecule has 0 amide bonds. The predicted octanol–water partition coefficient (Wildman–Crippen LogP) is 3.71. The van der Waals surface area contributed by atoms with Gasteiger partial charge in [-0.25, -0.2) is 10.8 Å². The average molecular weight is 404 g/mol. The standard InChI is InChI=1S/C25H29N3O2/c1-24-11-9-20-19-6-4-18(29)14-17(19)3-5-21(20)22(24)10-13-25(24,30)12-8-16-2-7-23(28-26)27-15-16/h2,4,6-7,14-15,20-22,29-30H,3,5,9-11,13,26H2,1H3,(H,27,28)/t20-,21-,22+,24+,25+/m1/s1. The Morgan fingerprint density at radius 3 is 2.80 bits per heavy atom. The number of nitrogen functional groups attached to an aromatic ring is 1. The molecular weight excluding hydrogens is 374 g/mol. The molecule has 1 heterocycles. The molecule has 0 aliphatic heterocycles. The van der Waals surface area contributed by atoms with Gasteiger partial charge < -0.3 is 15.6 Å². The fourth-order valence-electron chi connectivity index (χ4n) is 6.52. The number of aromatic hydroxyl groups is 1. The normalized spacial score (nSPS) is 34.2. The molecule has 3 aliphatic carbocycles. The van der Waals surface area contributed by atoms with Gasteiger partial charge >= 0.3 is 0 Å². The number of fused-ring (bicyclic) bond motifs is 5. The smallest absolute Gasteiger partial charge is 0.139 e. The molecule has 5 atom stereocenters. The van der Waals surface area contributed by atoms with Gasteiger partial charge in [-0.3, -0.25) is 0 Å². The summed E-state index contributed by atoms with van der Waals surface area (Å²) >= 11 is 0. The van der Waals surface area contributed by atoms with Gasteiger partial charge in [-0.05, 0) is 91.7 Å². The lowest BCUT2D eigenvalue weighted by atomic mass is 9.53. The molecule has 5 N–H and O–H groups in total. The lowest BCUT2D eigenvalue weighted by Crippen LogP contribution is -2.50. The van der Waals surface area contributed by atoms with E-state index in [0.717, 1.165) is 44.1 Å². The second-order valence-corrected chi connectivity index (χ2v) is 9.48. The van der Waals surface area contributed by atoms with E-state index in [1.54, 1.807) is 12.3 Å². The first-order valence-electron chi connectivity index (χ1n) is 10.9. The van der Waals surface area contributed by atoms with E-state index < -0.39 is 5.60 Å². The summed E-state index contributed by atoms with van der Waals surface area (Å²) in [5.41, 5.74) is 4.85. The number of aromatic nitrogens is 1. The highest BCUT2D eigenvalue weighted by molar-refractivity contribution is 5.43. The molecule has 0 saturated heterocycles. The van der Waals surface area contributed by atoms with E-state index in [9.17, 15) is 10.2 Å². The SMILES string of the molecule is C[C@]12CC[C@@H]3c4ccc(O)cc4CC[C@H]3[C@@H]1CC[C@@]2(O)C#Cc1ccc(NN)nc1. The molecule has 0 radical (unpaired) electrons. The van der Waals surface area contributed by atoms with Crippen LogP contribution in [0.2, 0.25) is 0 Å². The van der Waals surface area contributed by atoms with Crippen LogP contribution in [0, 0.1) is 29.1 Å². The highest BCUT2D eigenvalue weighted by Gasteiger charge is 2.61. The maximum absolute atomic E-state index is 11.7. The molecule has 5 heteroatoms. The number of phenols is 1. The lowest BCUT2D eigenvalue weighted by molar-refractivity contribution is -0.0647. The average Bonchev–Trinajstić information content (AvgIpc) is 3.03. The van der Waals surface area contributed by atoms with Crippen LogP contribution < -0.4 is 11.3 Å². The molecule has 0 spiro atoms. The van der Waals surface area contributed by atoms with E-state index in [0.29, 0.717) is 29.3 Å². The second-order valence-electron chi connectivity index (χ2n) is 9.48. The van der Waals surface area contributed by atoms with Crippen LogP contribution in [0.15, 0.2) is 36.5 Å². The number of nitrogens with two attached hydrogens (primary N) is 1. The zero-order chi connectivity index (χ0) is 20.9. The van der Waals surface area contributed by atoms with Crippen LogP contribution in [0.4, 0.5) is 5.82 Å². The number of nitrogens with one attached hydrogen (secondary N) is 1. The predicted molar refractivity (Wildman–Crippen MR) is 117 cm³/mol. The van der Waals surface area contributed by atoms with Crippen LogP contribution in [0.1, 0.15) is 61.6 Å². The number of aliphatic hydroxyl groups is 1. The molecule has 30 heavy (non-hydrogen) atoms. The van der Waals surface area contributed by atoms with Gasteiger partial charge in [0.15, 0.2) is 0 Å². The first-order chi connectivity index (χ1) is 14.4. The van der Waals surface area contributed by atoms with Gasteiger partial charge in [0, 0.05) is 17.2 Å². The number of pyridine rings is 1. The van der Waals surface area contributed by atoms with Crippen molar-refractivity contribution < 1.29 is 10.2 Å². The molecular formula is C25H29N3O2. The fourth-order valence-corrected chi connectivity index (χ4v) is 6.52. The number of hydrazine groups is 1. The van der Waals surface area contributed by atoms with E-state index in [-0.39, 0.29) is 5.41 Å². The third kappa shape index (κ3) is 2.90. The maximum Gasteiger partial charge on any atom is 0.139 e. The van der Waals surface area contributed by atoms with Gasteiger partial charge in [0.05, 0.1) is 0 Å². The Morgan fingerprint density at radius 2 is 2.03 bits per heavy atom. The summed E-state index contributed by atoms with van der Waals surface area (Å²) < 4.78 is 0. The molecule has 5 rings (SSSR count). The number of anilines is 1. The lowest BCUT2D eigenvalue weighted by Gasteiger charge is -2.52. The molecule has 156 valence electrons. The molecule has 1 aromatic carbocycles. The second kappa shape index (κ2) is 7.01. The van der Waals surface area contributed by atoms with Crippen LogP contribution in [0.5, 0.6) is 5.75 Å². The quantitative estimate of drug-likeness (QED) is 0.331. The Balaban J connectivity index is 1.42. The number of hydrogen-bond acceptors (Lipinski definition) is 5. The number of benzene rings is 1. The largest absolute Gasteiger partial charge is 0.508 e. The Kier molecular flexibility index (Phi) is 4.53. The zero-order valence-electron chi connectivity index (χ0n) is 17.4. The van der Waals surface area contributed by atoms with Gasteiger partial charge in [0.2, 0.25) is 0 Å². The van der Waals surface area contributed by atoms with Crippen molar-refractivity contribution in [1.29, 1.82) is 0 Å². The summed E-state index contributed by atoms with van der Waals surface area (Å²) in [4.78, 5) is 4.21. The minimum absolute atomic E-state index is 0.193. The topological polar surface area (TPSA) is 91.4 Å². The Hall–Kier alpha value is -2.55. The summed E-state index contributed by atoms with van der Waals surface area (Å²) in [6, 6.07) is 9.55. The van der Waals surface area contributed by atoms with E-state index in [1.807, 2.05) is 18.2 Å². The van der Waals surface area contributed by atoms with Crippen LogP contribution in [0.3, 0.4) is 0 Å². The van der Waals surface area contributed by atoms with Crippen molar-refractivity contribution in [3.8, 4) is 17.6 Å². The number of aryl methyl sites for hydroxylation is 1. The van der Waals surface area contributed by atoms with E-state index >= 15 is 0 Å². The Labute approximate surface area is 177 Å². The molecule has 2 fully saturated rings. The number of phenolic OH excluding ortho intramolecular Hbond substituents is 1. The minimum Gasteiger partial charge on any atom is -0.508 e. The third-order valence-electron chi connectivity index (χ3n) is 8.19. The molecule has 5 nitrogen and oxygen atoms in total. The number of nitrogens with zero attached hydrogens (tertiary/aromatic N) is 1. The molecule has 0 bridgehead atoms. The van der Waals surface area contributed by atoms with Gasteiger partial charge in [0.25, 0.3) is 0 Å². The summed E-state index contributed by atoms with van der Waals surface area (Å²) in [6.45, 7) is 2.25. The number of hydrogen-bond donors (Lipinski definition) is 4. The molecule has 0 unspecified atom stereocenters. The summed E-state index contributed by atoms with van der Waals surface area (Å²) in [5.74, 6) is 14.3. The van der Waals surface area contributed by atoms with Crippen LogP contribution in [0.25, 0.3) is 0 Å². The van der Waals surface area contributed by atoms with Crippen LogP contribution >= 0.6 is 0 Å². The van der Waals surface area contributed by atoms with E-state index in [4.69, 9.17) is 5.84 Å². The minimum atomic E-state index is -0.970. The van der Waals surface area contributed by atoms with Crippen molar-refractivity contribution >= 4 is 5.82 Å². The summed E-state index contributed by atoms with van der Waals surface area (Å²) in [6.07, 6.45) is 7.60. The van der Waals surface area contributed by atoms with E-state index in [1.165, 1.54) is 11.1 Å². The molecule has 3 aliphatic rings. The van der Waals surface area contributed by atoms with Crippen molar-refractivity contribution in [2.45, 2.75) is 57.0 Å². The van der Waals surface area contributed by atoms with Crippen molar-refractivity contribution in [2.24, 2.45) is 23.1 Å². The highest BCUT2D eigenvalue weighted by atomic mass is 16.3. The first kappa shape index (κ1) is 19.4. The summed E-state index contributed by atoms with van der Waals surface area (Å²) in [5, 5.41) is 21.5. The highest BCUT2D eigenvalue weighted by Crippen LogP contribution is 2.64. The summed E-state index contributed by atoms with van der Waals surface area (Å²) in [7, 11) is 0. The molecule has 2 aromatic rings. The van der Waals surface area contributed by atoms with Crippen molar-refractivity contribution in [3.05, 3.63) is 53.2 Å². The number of rotatable bonds is 1. The van der Waals surface area contributed by atoms with Gasteiger partial charge in [0.1, 0.15) is 17.2 Å². The monoisotopic (exact) mass is 403 g/mol. The van der Waals surface area contributed by atoms with E-state index in [2.05, 4.69) is 35.2 Å². The third-order valence-corrected chi connectivity index (χ3v) is 8.19. The van der Waals surface area contributed by atoms with Crippen LogP contribution in [-0.2, 0) is 6.42 Å². The first-order valence-corrected chi connectivity index (χ1v) is 10.9. The molecule has 1 aromatic heterocycles. The van der Waals surface area contributed by atoms with Crippen molar-refractivity contribution in [3.63, 3.8) is 0 Å². The fraction of sp³-hybridized carbons (Fsp3) is 0.480. The Morgan fingerprint density at radius 1 is 1.17 bits per heavy atom. The maximum atomic E-state index is 11.7. The Bertz CT molecular complexity index is 1020. The van der Waals surface area contributed by atoms with Gasteiger partial charge in [-0.1, -0.05) is 24.8 Å². The molecule has 2 saturated carbocycles. The van der Waals surface area contributed by atoms with Gasteiger partial charge in [-0.2, -0.15) is 0 Å². The van der Waals surface area contributed by atoms with Crippen molar-refractivity contribution in [1.82, 2.24) is 4.98 Å². The van der Waals surface area contributed by atoms with Crippen LogP contribution in [-0.4, -0.2) is 20.8 Å².